The maximum absolute atomic E-state index is 6.13. The highest BCUT2D eigenvalue weighted by Gasteiger charge is 2.08. The maximum atomic E-state index is 6.13. The molecular weight excluding hydrogens is 242 g/mol. The van der Waals surface area contributed by atoms with Gasteiger partial charge in [-0.3, -0.25) is 0 Å². The van der Waals surface area contributed by atoms with E-state index in [1.807, 2.05) is 18.2 Å². The minimum atomic E-state index is 0.141. The lowest BCUT2D eigenvalue weighted by atomic mass is 10.0. The molecule has 0 saturated heterocycles. The third-order valence-corrected chi connectivity index (χ3v) is 2.97. The van der Waals surface area contributed by atoms with Crippen molar-refractivity contribution >= 4 is 0 Å². The third kappa shape index (κ3) is 6.57. The van der Waals surface area contributed by atoms with Gasteiger partial charge in [-0.1, -0.05) is 18.2 Å². The van der Waals surface area contributed by atoms with Crippen molar-refractivity contribution in [3.63, 3.8) is 0 Å². The summed E-state index contributed by atoms with van der Waals surface area (Å²) in [6.07, 6.45) is 2.76. The van der Waals surface area contributed by atoms with Crippen LogP contribution in [0.4, 0.5) is 0 Å². The smallest absolute Gasteiger partial charge is 0.122 e. The molecule has 0 aliphatic heterocycles. The molecule has 0 aliphatic rings. The van der Waals surface area contributed by atoms with Crippen molar-refractivity contribution in [1.29, 1.82) is 0 Å². The summed E-state index contributed by atoms with van der Waals surface area (Å²) in [4.78, 5) is 0. The van der Waals surface area contributed by atoms with E-state index in [0.717, 1.165) is 37.2 Å². The van der Waals surface area contributed by atoms with Crippen LogP contribution < -0.4 is 10.5 Å². The van der Waals surface area contributed by atoms with E-state index in [0.29, 0.717) is 13.2 Å². The van der Waals surface area contributed by atoms with Gasteiger partial charge in [-0.15, -0.1) is 0 Å². The summed E-state index contributed by atoms with van der Waals surface area (Å²) in [7, 11) is 3.36. The van der Waals surface area contributed by atoms with Crippen LogP contribution in [0.3, 0.4) is 0 Å². The number of para-hydroxylation sites is 1. The van der Waals surface area contributed by atoms with Crippen LogP contribution >= 0.6 is 0 Å². The molecule has 0 spiro atoms. The van der Waals surface area contributed by atoms with Crippen molar-refractivity contribution in [2.45, 2.75) is 25.3 Å². The molecular formula is C15H25NO3. The standard InChI is InChI=1S/C15H25NO3/c1-17-10-11-19-9-5-7-14(16)12-13-6-3-4-8-15(13)18-2/h3-4,6,8,14H,5,7,9-12,16H2,1-2H3. The van der Waals surface area contributed by atoms with Gasteiger partial charge in [0.2, 0.25) is 0 Å². The molecule has 4 nitrogen and oxygen atoms in total. The molecule has 0 radical (unpaired) electrons. The van der Waals surface area contributed by atoms with Crippen LogP contribution in [0, 0.1) is 0 Å². The largest absolute Gasteiger partial charge is 0.496 e. The van der Waals surface area contributed by atoms with Crippen LogP contribution in [-0.4, -0.2) is 40.1 Å². The molecule has 1 atom stereocenters. The molecule has 0 bridgehead atoms. The second-order valence-corrected chi connectivity index (χ2v) is 4.52. The maximum Gasteiger partial charge on any atom is 0.122 e. The molecule has 19 heavy (non-hydrogen) atoms. The summed E-state index contributed by atoms with van der Waals surface area (Å²) in [6.45, 7) is 2.04. The van der Waals surface area contributed by atoms with Gasteiger partial charge in [-0.2, -0.15) is 0 Å². The molecule has 108 valence electrons. The average Bonchev–Trinajstić information content (AvgIpc) is 2.43. The van der Waals surface area contributed by atoms with E-state index in [1.165, 1.54) is 0 Å². The Morgan fingerprint density at radius 2 is 1.89 bits per heavy atom. The molecule has 0 heterocycles. The van der Waals surface area contributed by atoms with Crippen LogP contribution in [0.1, 0.15) is 18.4 Å². The van der Waals surface area contributed by atoms with Crippen molar-refractivity contribution < 1.29 is 14.2 Å². The normalized spacial score (nSPS) is 12.4. The van der Waals surface area contributed by atoms with E-state index >= 15 is 0 Å². The van der Waals surface area contributed by atoms with Gasteiger partial charge in [0, 0.05) is 19.8 Å². The van der Waals surface area contributed by atoms with Gasteiger partial charge in [-0.05, 0) is 30.9 Å². The number of methoxy groups -OCH3 is 2. The van der Waals surface area contributed by atoms with Crippen LogP contribution in [0.15, 0.2) is 24.3 Å². The van der Waals surface area contributed by atoms with Crippen molar-refractivity contribution in [3.05, 3.63) is 29.8 Å². The van der Waals surface area contributed by atoms with Crippen molar-refractivity contribution in [2.75, 3.05) is 34.0 Å². The summed E-state index contributed by atoms with van der Waals surface area (Å²) >= 11 is 0. The number of hydrogen-bond donors (Lipinski definition) is 1. The molecule has 2 N–H and O–H groups in total. The molecule has 1 unspecified atom stereocenters. The summed E-state index contributed by atoms with van der Waals surface area (Å²) in [5.41, 5.74) is 7.30. The zero-order valence-electron chi connectivity index (χ0n) is 11.9. The Kier molecular flexibility index (Phi) is 8.21. The Bertz CT molecular complexity index is 344. The van der Waals surface area contributed by atoms with E-state index in [2.05, 4.69) is 6.07 Å². The predicted molar refractivity (Wildman–Crippen MR) is 76.6 cm³/mol. The highest BCUT2D eigenvalue weighted by atomic mass is 16.5. The summed E-state index contributed by atoms with van der Waals surface area (Å²) < 4.78 is 15.6. The van der Waals surface area contributed by atoms with Crippen molar-refractivity contribution in [3.8, 4) is 5.75 Å². The average molecular weight is 267 g/mol. The lowest BCUT2D eigenvalue weighted by Gasteiger charge is -2.14. The molecule has 0 saturated carbocycles. The number of hydrogen-bond acceptors (Lipinski definition) is 4. The monoisotopic (exact) mass is 267 g/mol. The minimum absolute atomic E-state index is 0.141. The fraction of sp³-hybridized carbons (Fsp3) is 0.600. The minimum Gasteiger partial charge on any atom is -0.496 e. The van der Waals surface area contributed by atoms with Crippen LogP contribution in [0.5, 0.6) is 5.75 Å². The molecule has 1 rings (SSSR count). The molecule has 1 aromatic rings. The predicted octanol–water partition coefficient (Wildman–Crippen LogP) is 2.01. The number of benzene rings is 1. The molecule has 0 fully saturated rings. The summed E-state index contributed by atoms with van der Waals surface area (Å²) in [5, 5.41) is 0. The quantitative estimate of drug-likeness (QED) is 0.659. The van der Waals surface area contributed by atoms with Gasteiger partial charge >= 0.3 is 0 Å². The lowest BCUT2D eigenvalue weighted by Crippen LogP contribution is -2.23. The highest BCUT2D eigenvalue weighted by Crippen LogP contribution is 2.19. The second kappa shape index (κ2) is 9.78. The zero-order chi connectivity index (χ0) is 13.9. The topological polar surface area (TPSA) is 53.7 Å². The first-order valence-corrected chi connectivity index (χ1v) is 6.72. The molecule has 0 aliphatic carbocycles. The Balaban J connectivity index is 2.21. The van der Waals surface area contributed by atoms with Crippen LogP contribution in [0.25, 0.3) is 0 Å². The van der Waals surface area contributed by atoms with Crippen molar-refractivity contribution in [2.24, 2.45) is 5.73 Å². The summed E-state index contributed by atoms with van der Waals surface area (Å²) in [5.74, 6) is 0.911. The van der Waals surface area contributed by atoms with E-state index in [9.17, 15) is 0 Å². The second-order valence-electron chi connectivity index (χ2n) is 4.52. The zero-order valence-corrected chi connectivity index (χ0v) is 11.9. The van der Waals surface area contributed by atoms with Gasteiger partial charge < -0.3 is 19.9 Å². The van der Waals surface area contributed by atoms with Crippen LogP contribution in [0.2, 0.25) is 0 Å². The Morgan fingerprint density at radius 3 is 2.63 bits per heavy atom. The van der Waals surface area contributed by atoms with E-state index in [4.69, 9.17) is 19.9 Å². The third-order valence-electron chi connectivity index (χ3n) is 2.97. The van der Waals surface area contributed by atoms with E-state index < -0.39 is 0 Å². The summed E-state index contributed by atoms with van der Waals surface area (Å²) in [6, 6.07) is 8.15. The van der Waals surface area contributed by atoms with Gasteiger partial charge in [0.1, 0.15) is 5.75 Å². The molecule has 0 aromatic heterocycles. The van der Waals surface area contributed by atoms with E-state index in [1.54, 1.807) is 14.2 Å². The molecule has 1 aromatic carbocycles. The number of ether oxygens (including phenoxy) is 3. The highest BCUT2D eigenvalue weighted by molar-refractivity contribution is 5.33. The Labute approximate surface area is 115 Å². The van der Waals surface area contributed by atoms with Gasteiger partial charge in [-0.25, -0.2) is 0 Å². The van der Waals surface area contributed by atoms with Gasteiger partial charge in [0.05, 0.1) is 20.3 Å². The van der Waals surface area contributed by atoms with Crippen LogP contribution in [-0.2, 0) is 15.9 Å². The first kappa shape index (κ1) is 16.0. The van der Waals surface area contributed by atoms with Gasteiger partial charge in [0.15, 0.2) is 0 Å². The van der Waals surface area contributed by atoms with Gasteiger partial charge in [0.25, 0.3) is 0 Å². The molecule has 4 heteroatoms. The Morgan fingerprint density at radius 1 is 1.11 bits per heavy atom. The molecule has 0 amide bonds. The van der Waals surface area contributed by atoms with Crippen molar-refractivity contribution in [1.82, 2.24) is 0 Å². The SMILES string of the molecule is COCCOCCCC(N)Cc1ccccc1OC. The lowest BCUT2D eigenvalue weighted by molar-refractivity contribution is 0.0682. The number of nitrogens with two attached hydrogens (primary N) is 1. The fourth-order valence-corrected chi connectivity index (χ4v) is 1.95. The first-order valence-electron chi connectivity index (χ1n) is 6.72. The first-order chi connectivity index (χ1) is 9.27. The fourth-order valence-electron chi connectivity index (χ4n) is 1.95. The number of rotatable bonds is 10. The Hall–Kier alpha value is -1.10. The van der Waals surface area contributed by atoms with E-state index in [-0.39, 0.29) is 6.04 Å².